The number of nitrogen functional groups attached to an aromatic ring is 1. The first kappa shape index (κ1) is 13.3. The number of alkyl halides is 3. The molecule has 0 saturated carbocycles. The van der Waals surface area contributed by atoms with Gasteiger partial charge in [0.2, 0.25) is 0 Å². The highest BCUT2D eigenvalue weighted by Crippen LogP contribution is 2.25. The highest BCUT2D eigenvalue weighted by molar-refractivity contribution is 9.10. The third-order valence-corrected chi connectivity index (χ3v) is 2.77. The van der Waals surface area contributed by atoms with E-state index in [0.29, 0.717) is 15.7 Å². The quantitative estimate of drug-likeness (QED) is 0.867. The summed E-state index contributed by atoms with van der Waals surface area (Å²) in [6.07, 6.45) is -6.11. The molecule has 0 fully saturated rings. The Morgan fingerprint density at radius 2 is 2.06 bits per heavy atom. The third-order valence-electron chi connectivity index (χ3n) is 2.03. The molecule has 0 amide bonds. The zero-order chi connectivity index (χ0) is 12.3. The molecule has 16 heavy (non-hydrogen) atoms. The zero-order valence-corrected chi connectivity index (χ0v) is 10.1. The maximum absolute atomic E-state index is 12.2. The minimum atomic E-state index is -4.33. The van der Waals surface area contributed by atoms with Crippen molar-refractivity contribution in [2.45, 2.75) is 25.8 Å². The molecule has 1 atom stereocenters. The van der Waals surface area contributed by atoms with Gasteiger partial charge in [-0.05, 0) is 24.6 Å². The first-order chi connectivity index (χ1) is 7.30. The van der Waals surface area contributed by atoms with Gasteiger partial charge in [0, 0.05) is 10.2 Å². The second-order valence-corrected chi connectivity index (χ2v) is 4.20. The Hall–Kier alpha value is -0.750. The third kappa shape index (κ3) is 3.68. The summed E-state index contributed by atoms with van der Waals surface area (Å²) in [5.74, 6) is 0. The summed E-state index contributed by atoms with van der Waals surface area (Å²) >= 11 is 3.21. The first-order valence-corrected chi connectivity index (χ1v) is 5.32. The van der Waals surface area contributed by atoms with Gasteiger partial charge >= 0.3 is 6.18 Å². The summed E-state index contributed by atoms with van der Waals surface area (Å²) in [5.41, 5.74) is 6.67. The van der Waals surface area contributed by atoms with Crippen molar-refractivity contribution in [3.05, 3.63) is 28.2 Å². The van der Waals surface area contributed by atoms with Gasteiger partial charge in [-0.15, -0.1) is 0 Å². The van der Waals surface area contributed by atoms with Gasteiger partial charge in [-0.1, -0.05) is 22.0 Å². The number of rotatable bonds is 3. The lowest BCUT2D eigenvalue weighted by atomic mass is 10.2. The van der Waals surface area contributed by atoms with Gasteiger partial charge in [-0.3, -0.25) is 0 Å². The molecule has 1 unspecified atom stereocenters. The van der Waals surface area contributed by atoms with Crippen molar-refractivity contribution in [1.29, 1.82) is 0 Å². The summed E-state index contributed by atoms with van der Waals surface area (Å²) in [6.45, 7) is 0.868. The summed E-state index contributed by atoms with van der Waals surface area (Å²) in [6, 6.07) is 4.86. The topological polar surface area (TPSA) is 35.2 Å². The van der Waals surface area contributed by atoms with Crippen LogP contribution in [0, 0.1) is 0 Å². The molecule has 0 saturated heterocycles. The molecule has 0 aliphatic rings. The fraction of sp³-hybridized carbons (Fsp3) is 0.400. The van der Waals surface area contributed by atoms with Crippen LogP contribution >= 0.6 is 15.9 Å². The highest BCUT2D eigenvalue weighted by atomic mass is 79.9. The van der Waals surface area contributed by atoms with Crippen LogP contribution in [0.1, 0.15) is 12.5 Å². The monoisotopic (exact) mass is 297 g/mol. The minimum Gasteiger partial charge on any atom is -0.399 e. The number of hydrogen-bond acceptors (Lipinski definition) is 2. The fourth-order valence-electron chi connectivity index (χ4n) is 0.990. The van der Waals surface area contributed by atoms with Crippen molar-refractivity contribution in [2.24, 2.45) is 0 Å². The Morgan fingerprint density at radius 3 is 2.56 bits per heavy atom. The molecule has 1 aromatic carbocycles. The van der Waals surface area contributed by atoms with Gasteiger partial charge in [0.25, 0.3) is 0 Å². The first-order valence-electron chi connectivity index (χ1n) is 4.53. The molecule has 1 aromatic rings. The second-order valence-electron chi connectivity index (χ2n) is 3.35. The summed E-state index contributed by atoms with van der Waals surface area (Å²) < 4.78 is 41.8. The van der Waals surface area contributed by atoms with Crippen LogP contribution in [0.15, 0.2) is 22.7 Å². The number of hydrogen-bond donors (Lipinski definition) is 1. The average Bonchev–Trinajstić information content (AvgIpc) is 2.14. The van der Waals surface area contributed by atoms with Gasteiger partial charge in [0.05, 0.1) is 6.61 Å². The van der Waals surface area contributed by atoms with E-state index in [-0.39, 0.29) is 6.61 Å². The smallest absolute Gasteiger partial charge is 0.399 e. The number of ether oxygens (including phenoxy) is 1. The van der Waals surface area contributed by atoms with Crippen LogP contribution in [0.5, 0.6) is 0 Å². The lowest BCUT2D eigenvalue weighted by Crippen LogP contribution is -2.28. The largest absolute Gasteiger partial charge is 0.414 e. The maximum Gasteiger partial charge on any atom is 0.414 e. The molecule has 0 radical (unpaired) electrons. The van der Waals surface area contributed by atoms with E-state index >= 15 is 0 Å². The van der Waals surface area contributed by atoms with Crippen molar-refractivity contribution in [3.8, 4) is 0 Å². The Kier molecular flexibility index (Phi) is 4.21. The molecule has 2 N–H and O–H groups in total. The molecule has 0 bridgehead atoms. The molecular weight excluding hydrogens is 287 g/mol. The second kappa shape index (κ2) is 5.05. The Morgan fingerprint density at radius 1 is 1.44 bits per heavy atom. The number of halogens is 4. The summed E-state index contributed by atoms with van der Waals surface area (Å²) in [7, 11) is 0. The van der Waals surface area contributed by atoms with Crippen molar-refractivity contribution < 1.29 is 17.9 Å². The molecule has 0 aliphatic carbocycles. The fourth-order valence-corrected chi connectivity index (χ4v) is 1.50. The molecule has 2 nitrogen and oxygen atoms in total. The zero-order valence-electron chi connectivity index (χ0n) is 8.51. The van der Waals surface area contributed by atoms with Gasteiger partial charge < -0.3 is 10.5 Å². The van der Waals surface area contributed by atoms with Crippen LogP contribution in [0.2, 0.25) is 0 Å². The summed E-state index contributed by atoms with van der Waals surface area (Å²) in [5, 5.41) is 0. The van der Waals surface area contributed by atoms with Crippen LogP contribution in [0.3, 0.4) is 0 Å². The molecular formula is C10H11BrF3NO. The molecule has 90 valence electrons. The van der Waals surface area contributed by atoms with E-state index < -0.39 is 12.3 Å². The molecule has 0 spiro atoms. The number of anilines is 1. The molecule has 1 rings (SSSR count). The van der Waals surface area contributed by atoms with Crippen LogP contribution in [-0.2, 0) is 11.3 Å². The van der Waals surface area contributed by atoms with E-state index in [0.717, 1.165) is 6.92 Å². The SMILES string of the molecule is CC(OCc1ccc(N)cc1Br)C(F)(F)F. The van der Waals surface area contributed by atoms with Gasteiger partial charge in [-0.2, -0.15) is 13.2 Å². The van der Waals surface area contributed by atoms with E-state index in [4.69, 9.17) is 10.5 Å². The summed E-state index contributed by atoms with van der Waals surface area (Å²) in [4.78, 5) is 0. The van der Waals surface area contributed by atoms with E-state index in [2.05, 4.69) is 15.9 Å². The molecule has 6 heteroatoms. The Bertz CT molecular complexity index is 368. The number of benzene rings is 1. The van der Waals surface area contributed by atoms with Crippen LogP contribution in [0.25, 0.3) is 0 Å². The molecule has 0 heterocycles. The van der Waals surface area contributed by atoms with Crippen LogP contribution in [0.4, 0.5) is 18.9 Å². The average molecular weight is 298 g/mol. The predicted octanol–water partition coefficient (Wildman–Crippen LogP) is 3.50. The molecule has 0 aliphatic heterocycles. The predicted molar refractivity (Wildman–Crippen MR) is 58.9 cm³/mol. The van der Waals surface area contributed by atoms with Crippen LogP contribution < -0.4 is 5.73 Å². The number of nitrogens with two attached hydrogens (primary N) is 1. The van der Waals surface area contributed by atoms with E-state index in [1.807, 2.05) is 0 Å². The highest BCUT2D eigenvalue weighted by Gasteiger charge is 2.36. The lowest BCUT2D eigenvalue weighted by molar-refractivity contribution is -0.217. The van der Waals surface area contributed by atoms with Gasteiger partial charge in [-0.25, -0.2) is 0 Å². The molecule has 0 aromatic heterocycles. The van der Waals surface area contributed by atoms with Gasteiger partial charge in [0.1, 0.15) is 0 Å². The lowest BCUT2D eigenvalue weighted by Gasteiger charge is -2.16. The standard InChI is InChI=1S/C10H11BrF3NO/c1-6(10(12,13)14)16-5-7-2-3-8(15)4-9(7)11/h2-4,6H,5,15H2,1H3. The normalized spacial score (nSPS) is 13.8. The van der Waals surface area contributed by atoms with E-state index in [1.165, 1.54) is 0 Å². The minimum absolute atomic E-state index is 0.110. The van der Waals surface area contributed by atoms with E-state index in [9.17, 15) is 13.2 Å². The van der Waals surface area contributed by atoms with Crippen molar-refractivity contribution in [1.82, 2.24) is 0 Å². The van der Waals surface area contributed by atoms with Crippen molar-refractivity contribution in [3.63, 3.8) is 0 Å². The van der Waals surface area contributed by atoms with Crippen molar-refractivity contribution in [2.75, 3.05) is 5.73 Å². The van der Waals surface area contributed by atoms with Gasteiger partial charge in [0.15, 0.2) is 6.10 Å². The maximum atomic E-state index is 12.2. The van der Waals surface area contributed by atoms with Crippen molar-refractivity contribution >= 4 is 21.6 Å². The Balaban J connectivity index is 2.62. The van der Waals surface area contributed by atoms with Crippen LogP contribution in [-0.4, -0.2) is 12.3 Å². The Labute approximate surface area is 99.7 Å². The van der Waals surface area contributed by atoms with E-state index in [1.54, 1.807) is 18.2 Å².